The van der Waals surface area contributed by atoms with Crippen LogP contribution in [0.25, 0.3) is 0 Å². The Morgan fingerprint density at radius 3 is 2.70 bits per heavy atom. The second-order valence-corrected chi connectivity index (χ2v) is 5.02. The predicted octanol–water partition coefficient (Wildman–Crippen LogP) is -0.191. The maximum atomic E-state index is 12.4. The second kappa shape index (κ2) is 4.72. The number of rotatable bonds is 1. The van der Waals surface area contributed by atoms with Crippen molar-refractivity contribution in [3.8, 4) is 0 Å². The molecule has 0 bridgehead atoms. The van der Waals surface area contributed by atoms with Gasteiger partial charge < -0.3 is 10.4 Å². The molecule has 2 N–H and O–H groups in total. The number of fused-ring (bicyclic) bond motifs is 1. The molecule has 2 atom stereocenters. The maximum Gasteiger partial charge on any atom is 0.261 e. The van der Waals surface area contributed by atoms with Gasteiger partial charge in [-0.3, -0.25) is 19.3 Å². The molecular weight excluding hydrogens is 260 g/mol. The normalized spacial score (nSPS) is 26.2. The first-order valence-electron chi connectivity index (χ1n) is 6.49. The molecule has 0 radical (unpaired) electrons. The van der Waals surface area contributed by atoms with E-state index >= 15 is 0 Å². The minimum absolute atomic E-state index is 0.138. The predicted molar refractivity (Wildman–Crippen MR) is 68.5 cm³/mol. The van der Waals surface area contributed by atoms with Crippen LogP contribution in [0.3, 0.4) is 0 Å². The molecule has 104 valence electrons. The lowest BCUT2D eigenvalue weighted by atomic mass is 9.94. The summed E-state index contributed by atoms with van der Waals surface area (Å²) in [6, 6.07) is 6.25. The van der Waals surface area contributed by atoms with E-state index in [9.17, 15) is 19.5 Å². The number of nitrogens with zero attached hydrogens (tertiary/aromatic N) is 1. The fourth-order valence-electron chi connectivity index (χ4n) is 2.75. The molecule has 1 aromatic rings. The van der Waals surface area contributed by atoms with Gasteiger partial charge >= 0.3 is 0 Å². The van der Waals surface area contributed by atoms with E-state index in [4.69, 9.17) is 0 Å². The summed E-state index contributed by atoms with van der Waals surface area (Å²) in [7, 11) is 0. The van der Waals surface area contributed by atoms with Gasteiger partial charge in [0.2, 0.25) is 11.8 Å². The minimum atomic E-state index is -1.20. The van der Waals surface area contributed by atoms with Gasteiger partial charge in [0.05, 0.1) is 12.5 Å². The summed E-state index contributed by atoms with van der Waals surface area (Å²) >= 11 is 0. The van der Waals surface area contributed by atoms with Gasteiger partial charge in [0.1, 0.15) is 6.23 Å². The van der Waals surface area contributed by atoms with Crippen molar-refractivity contribution in [1.29, 1.82) is 0 Å². The Morgan fingerprint density at radius 1 is 1.20 bits per heavy atom. The van der Waals surface area contributed by atoms with Crippen molar-refractivity contribution in [3.63, 3.8) is 0 Å². The van der Waals surface area contributed by atoms with Gasteiger partial charge in [-0.15, -0.1) is 0 Å². The van der Waals surface area contributed by atoms with E-state index in [0.717, 1.165) is 4.90 Å². The van der Waals surface area contributed by atoms with E-state index in [1.165, 1.54) is 0 Å². The van der Waals surface area contributed by atoms with Crippen molar-refractivity contribution in [3.05, 3.63) is 35.4 Å². The number of carbonyl (C=O) groups excluding carboxylic acids is 3. The minimum Gasteiger partial charge on any atom is -0.372 e. The van der Waals surface area contributed by atoms with Gasteiger partial charge in [0.15, 0.2) is 0 Å². The van der Waals surface area contributed by atoms with Crippen LogP contribution in [0.15, 0.2) is 24.3 Å². The molecule has 2 heterocycles. The summed E-state index contributed by atoms with van der Waals surface area (Å²) in [5, 5.41) is 12.3. The first kappa shape index (κ1) is 12.8. The SMILES string of the molecule is O=C1CC[C@H](N2C(=O)Cc3ccccc3C2=O)C(O)N1. The number of nitrogens with one attached hydrogen (secondary N) is 1. The fraction of sp³-hybridized carbons (Fsp3) is 0.357. The van der Waals surface area contributed by atoms with Gasteiger partial charge in [-0.25, -0.2) is 0 Å². The van der Waals surface area contributed by atoms with Gasteiger partial charge in [-0.05, 0) is 18.1 Å². The van der Waals surface area contributed by atoms with Crippen molar-refractivity contribution >= 4 is 17.7 Å². The molecule has 6 heteroatoms. The van der Waals surface area contributed by atoms with Gasteiger partial charge in [-0.2, -0.15) is 0 Å². The van der Waals surface area contributed by atoms with Crippen molar-refractivity contribution in [2.45, 2.75) is 31.5 Å². The Kier molecular flexibility index (Phi) is 3.02. The quantitative estimate of drug-likeness (QED) is 0.695. The lowest BCUT2D eigenvalue weighted by molar-refractivity contribution is -0.139. The molecule has 1 aromatic carbocycles. The molecule has 6 nitrogen and oxygen atoms in total. The van der Waals surface area contributed by atoms with Crippen LogP contribution < -0.4 is 5.32 Å². The molecule has 20 heavy (non-hydrogen) atoms. The molecule has 0 spiro atoms. The fourth-order valence-corrected chi connectivity index (χ4v) is 2.75. The van der Waals surface area contributed by atoms with Crippen LogP contribution in [0.2, 0.25) is 0 Å². The second-order valence-electron chi connectivity index (χ2n) is 5.02. The standard InChI is InChI=1S/C14H14N2O4/c17-11-6-5-10(13(19)15-11)16-12(18)7-8-3-1-2-4-9(8)14(16)20/h1-4,10,13,19H,5-7H2,(H,15,17)/t10-,13?/m0/s1. The largest absolute Gasteiger partial charge is 0.372 e. The van der Waals surface area contributed by atoms with E-state index in [0.29, 0.717) is 11.1 Å². The van der Waals surface area contributed by atoms with E-state index in [2.05, 4.69) is 5.32 Å². The Balaban J connectivity index is 1.93. The number of carbonyl (C=O) groups is 3. The Hall–Kier alpha value is -2.21. The van der Waals surface area contributed by atoms with Crippen molar-refractivity contribution < 1.29 is 19.5 Å². The number of piperidine rings is 1. The highest BCUT2D eigenvalue weighted by Gasteiger charge is 2.41. The summed E-state index contributed by atoms with van der Waals surface area (Å²) in [4.78, 5) is 36.9. The van der Waals surface area contributed by atoms with Gasteiger partial charge in [0.25, 0.3) is 5.91 Å². The number of aliphatic hydroxyl groups excluding tert-OH is 1. The molecule has 1 saturated heterocycles. The van der Waals surface area contributed by atoms with Crippen molar-refractivity contribution in [2.24, 2.45) is 0 Å². The summed E-state index contributed by atoms with van der Waals surface area (Å²) in [6.45, 7) is 0. The molecule has 3 rings (SSSR count). The third kappa shape index (κ3) is 1.98. The van der Waals surface area contributed by atoms with Crippen molar-refractivity contribution in [2.75, 3.05) is 0 Å². The summed E-state index contributed by atoms with van der Waals surface area (Å²) < 4.78 is 0. The van der Waals surface area contributed by atoms with Crippen LogP contribution in [0, 0.1) is 0 Å². The zero-order valence-electron chi connectivity index (χ0n) is 10.7. The van der Waals surface area contributed by atoms with E-state index in [-0.39, 0.29) is 31.1 Å². The highest BCUT2D eigenvalue weighted by atomic mass is 16.3. The summed E-state index contributed by atoms with van der Waals surface area (Å²) in [6.07, 6.45) is -0.582. The number of benzene rings is 1. The van der Waals surface area contributed by atoms with Crippen LogP contribution in [0.1, 0.15) is 28.8 Å². The highest BCUT2D eigenvalue weighted by Crippen LogP contribution is 2.25. The molecular formula is C14H14N2O4. The number of hydrogen-bond acceptors (Lipinski definition) is 4. The van der Waals surface area contributed by atoms with Crippen LogP contribution >= 0.6 is 0 Å². The van der Waals surface area contributed by atoms with Crippen LogP contribution in [-0.4, -0.2) is 40.0 Å². The van der Waals surface area contributed by atoms with Gasteiger partial charge in [0, 0.05) is 12.0 Å². The first-order chi connectivity index (χ1) is 9.58. The molecule has 1 unspecified atom stereocenters. The molecule has 0 aromatic heterocycles. The van der Waals surface area contributed by atoms with E-state index in [1.807, 2.05) is 0 Å². The molecule has 0 saturated carbocycles. The first-order valence-corrected chi connectivity index (χ1v) is 6.49. The maximum absolute atomic E-state index is 12.4. The summed E-state index contributed by atoms with van der Waals surface area (Å²) in [5.74, 6) is -1.02. The number of hydrogen-bond donors (Lipinski definition) is 2. The topological polar surface area (TPSA) is 86.7 Å². The number of amides is 3. The van der Waals surface area contributed by atoms with Crippen LogP contribution in [0.4, 0.5) is 0 Å². The number of imide groups is 1. The Morgan fingerprint density at radius 2 is 1.95 bits per heavy atom. The molecule has 1 fully saturated rings. The van der Waals surface area contributed by atoms with E-state index < -0.39 is 18.2 Å². The lowest BCUT2D eigenvalue weighted by Gasteiger charge is -2.38. The summed E-state index contributed by atoms with van der Waals surface area (Å²) in [5.41, 5.74) is 1.18. The monoisotopic (exact) mass is 274 g/mol. The zero-order chi connectivity index (χ0) is 14.3. The smallest absolute Gasteiger partial charge is 0.261 e. The lowest BCUT2D eigenvalue weighted by Crippen LogP contribution is -2.60. The number of aliphatic hydroxyl groups is 1. The third-order valence-electron chi connectivity index (χ3n) is 3.75. The van der Waals surface area contributed by atoms with E-state index in [1.54, 1.807) is 24.3 Å². The molecule has 2 aliphatic heterocycles. The molecule has 3 amide bonds. The molecule has 2 aliphatic rings. The molecule has 0 aliphatic carbocycles. The van der Waals surface area contributed by atoms with Crippen LogP contribution in [-0.2, 0) is 16.0 Å². The highest BCUT2D eigenvalue weighted by molar-refractivity contribution is 6.10. The third-order valence-corrected chi connectivity index (χ3v) is 3.75. The van der Waals surface area contributed by atoms with Gasteiger partial charge in [-0.1, -0.05) is 18.2 Å². The average Bonchev–Trinajstić information content (AvgIpc) is 2.41. The zero-order valence-corrected chi connectivity index (χ0v) is 10.7. The average molecular weight is 274 g/mol. The van der Waals surface area contributed by atoms with Crippen LogP contribution in [0.5, 0.6) is 0 Å². The Labute approximate surface area is 115 Å². The Bertz CT molecular complexity index is 599. The van der Waals surface area contributed by atoms with Crippen molar-refractivity contribution in [1.82, 2.24) is 10.2 Å².